The van der Waals surface area contributed by atoms with Gasteiger partial charge in [0, 0.05) is 5.56 Å². The molecule has 3 atom stereocenters. The molecule has 0 amide bonds. The van der Waals surface area contributed by atoms with Gasteiger partial charge in [0.15, 0.2) is 9.84 Å². The Bertz CT molecular complexity index is 1320. The van der Waals surface area contributed by atoms with E-state index in [2.05, 4.69) is 0 Å². The van der Waals surface area contributed by atoms with E-state index in [1.165, 1.54) is 0 Å². The molecule has 2 aromatic rings. The lowest BCUT2D eigenvalue weighted by Gasteiger charge is -2.42. The van der Waals surface area contributed by atoms with Crippen LogP contribution in [0.3, 0.4) is 0 Å². The zero-order valence-electron chi connectivity index (χ0n) is 19.8. The molecule has 0 saturated heterocycles. The van der Waals surface area contributed by atoms with Gasteiger partial charge in [0.25, 0.3) is 0 Å². The normalized spacial score (nSPS) is 24.0. The van der Waals surface area contributed by atoms with Crippen LogP contribution < -0.4 is 0 Å². The van der Waals surface area contributed by atoms with Gasteiger partial charge in [-0.15, -0.1) is 0 Å². The van der Waals surface area contributed by atoms with Gasteiger partial charge < -0.3 is 4.74 Å². The van der Waals surface area contributed by atoms with E-state index in [4.69, 9.17) is 4.74 Å². The summed E-state index contributed by atoms with van der Waals surface area (Å²) < 4.78 is 140. The molecule has 2 aromatic carbocycles. The predicted molar refractivity (Wildman–Crippen MR) is 118 cm³/mol. The zero-order chi connectivity index (χ0) is 28.3. The number of benzene rings is 2. The zero-order valence-corrected chi connectivity index (χ0v) is 20.6. The molecular formula is C25H22F8O4S. The lowest BCUT2D eigenvalue weighted by Crippen LogP contribution is -2.51. The minimum absolute atomic E-state index is 0.00712. The third-order valence-electron chi connectivity index (χ3n) is 7.57. The highest BCUT2D eigenvalue weighted by Crippen LogP contribution is 2.60. The third kappa shape index (κ3) is 3.99. The van der Waals surface area contributed by atoms with E-state index in [0.717, 1.165) is 30.3 Å². The largest absolute Gasteiger partial charge is 0.466 e. The molecule has 0 aliphatic heterocycles. The predicted octanol–water partition coefficient (Wildman–Crippen LogP) is 6.32. The number of esters is 1. The van der Waals surface area contributed by atoms with E-state index >= 15 is 0 Å². The number of alkyl halides is 7. The number of fused-ring (bicyclic) bond motifs is 3. The van der Waals surface area contributed by atoms with E-state index in [-0.39, 0.29) is 48.3 Å². The van der Waals surface area contributed by atoms with E-state index in [1.807, 2.05) is 0 Å². The monoisotopic (exact) mass is 570 g/mol. The topological polar surface area (TPSA) is 60.4 Å². The van der Waals surface area contributed by atoms with E-state index in [9.17, 15) is 48.3 Å². The molecule has 0 unspecified atom stereocenters. The number of carbonyl (C=O) groups excluding carboxylic acids is 1. The van der Waals surface area contributed by atoms with Crippen LogP contribution in [0.2, 0.25) is 0 Å². The number of rotatable bonds is 5. The molecule has 0 spiro atoms. The van der Waals surface area contributed by atoms with Crippen LogP contribution in [0, 0.1) is 17.7 Å². The summed E-state index contributed by atoms with van der Waals surface area (Å²) in [6.45, 7) is 1.56. The number of halogens is 8. The van der Waals surface area contributed by atoms with Crippen molar-refractivity contribution in [1.82, 2.24) is 0 Å². The van der Waals surface area contributed by atoms with Crippen molar-refractivity contribution in [3.63, 3.8) is 0 Å². The number of sulfone groups is 1. The average molecular weight is 570 g/mol. The fraction of sp³-hybridized carbons (Fsp3) is 0.480. The summed E-state index contributed by atoms with van der Waals surface area (Å²) in [4.78, 5) is 12.4. The van der Waals surface area contributed by atoms with Crippen LogP contribution in [-0.2, 0) is 36.2 Å². The van der Waals surface area contributed by atoms with Crippen molar-refractivity contribution in [2.24, 2.45) is 11.8 Å². The molecule has 0 radical (unpaired) electrons. The summed E-state index contributed by atoms with van der Waals surface area (Å²) in [5.74, 6) is -3.26. The van der Waals surface area contributed by atoms with Crippen molar-refractivity contribution in [1.29, 1.82) is 0 Å². The van der Waals surface area contributed by atoms with Gasteiger partial charge >= 0.3 is 24.0 Å². The summed E-state index contributed by atoms with van der Waals surface area (Å²) >= 11 is 0. The van der Waals surface area contributed by atoms with Crippen LogP contribution in [0.4, 0.5) is 35.1 Å². The number of hydrogen-bond donors (Lipinski definition) is 0. The van der Waals surface area contributed by atoms with Gasteiger partial charge in [-0.1, -0.05) is 18.2 Å². The summed E-state index contributed by atoms with van der Waals surface area (Å²) in [6.07, 6.45) is -13.2. The van der Waals surface area contributed by atoms with Gasteiger partial charge in [-0.25, -0.2) is 17.2 Å². The Kier molecular flexibility index (Phi) is 6.85. The van der Waals surface area contributed by atoms with Crippen LogP contribution in [0.15, 0.2) is 47.4 Å². The molecule has 0 bridgehead atoms. The second-order valence-corrected chi connectivity index (χ2v) is 11.6. The van der Waals surface area contributed by atoms with Crippen molar-refractivity contribution >= 4 is 15.8 Å². The van der Waals surface area contributed by atoms with Gasteiger partial charge in [0.05, 0.1) is 17.4 Å². The highest BCUT2D eigenvalue weighted by atomic mass is 32.2. The first-order valence-corrected chi connectivity index (χ1v) is 13.1. The Morgan fingerprint density at radius 2 is 1.58 bits per heavy atom. The van der Waals surface area contributed by atoms with E-state index < -0.39 is 61.8 Å². The van der Waals surface area contributed by atoms with Crippen molar-refractivity contribution in [3.05, 3.63) is 65.0 Å². The third-order valence-corrected chi connectivity index (χ3v) is 10.1. The Labute approximate surface area is 212 Å². The molecule has 13 heteroatoms. The lowest BCUT2D eigenvalue weighted by molar-refractivity contribution is -0.348. The smallest absolute Gasteiger partial charge is 0.435 e. The molecule has 1 fully saturated rings. The number of ether oxygens (including phenoxy) is 1. The first kappa shape index (κ1) is 28.3. The first-order chi connectivity index (χ1) is 17.5. The van der Waals surface area contributed by atoms with Crippen LogP contribution >= 0.6 is 0 Å². The molecule has 4 rings (SSSR count). The first-order valence-electron chi connectivity index (χ1n) is 11.7. The molecule has 0 heterocycles. The second-order valence-electron chi connectivity index (χ2n) is 9.42. The van der Waals surface area contributed by atoms with Gasteiger partial charge in [0.2, 0.25) is 0 Å². The van der Waals surface area contributed by atoms with Gasteiger partial charge in [-0.05, 0) is 73.9 Å². The second kappa shape index (κ2) is 9.20. The summed E-state index contributed by atoms with van der Waals surface area (Å²) in [5, 5.41) is 0. The Hall–Kier alpha value is -2.70. The maximum absolute atomic E-state index is 14.8. The quantitative estimate of drug-likeness (QED) is 0.240. The molecule has 4 nitrogen and oxygen atoms in total. The van der Waals surface area contributed by atoms with E-state index in [1.54, 1.807) is 6.92 Å². The van der Waals surface area contributed by atoms with E-state index in [0.29, 0.717) is 12.1 Å². The van der Waals surface area contributed by atoms with Gasteiger partial charge in [-0.3, -0.25) is 4.79 Å². The Morgan fingerprint density at radius 3 is 2.13 bits per heavy atom. The number of carbonyl (C=O) groups is 1. The highest BCUT2D eigenvalue weighted by Gasteiger charge is 2.74. The maximum atomic E-state index is 14.8. The fourth-order valence-corrected chi connectivity index (χ4v) is 8.38. The fourth-order valence-electron chi connectivity index (χ4n) is 5.91. The number of hydrogen-bond acceptors (Lipinski definition) is 4. The molecule has 2 aliphatic rings. The molecule has 0 N–H and O–H groups in total. The Balaban J connectivity index is 1.95. The minimum Gasteiger partial charge on any atom is -0.466 e. The standard InChI is InChI=1S/C25H22F8O4S/c1-2-37-21(34)18-11-12-22(38(35,36)17-7-5-16(26)6-8-17)19-10-4-15(13-14(19)3-9-20(18)22)23(27,24(28,29)30)25(31,32)33/h4-8,10,13,18,20H,2-3,9,11-12H2,1H3/t18-,20-,22+/m0/s1. The molecule has 2 aliphatic carbocycles. The summed E-state index contributed by atoms with van der Waals surface area (Å²) in [7, 11) is -4.49. The lowest BCUT2D eigenvalue weighted by atomic mass is 9.72. The van der Waals surface area contributed by atoms with Crippen molar-refractivity contribution in [3.8, 4) is 0 Å². The van der Waals surface area contributed by atoms with Crippen LogP contribution in [0.25, 0.3) is 0 Å². The molecule has 0 aromatic heterocycles. The molecule has 38 heavy (non-hydrogen) atoms. The molecular weight excluding hydrogens is 548 g/mol. The maximum Gasteiger partial charge on any atom is 0.435 e. The summed E-state index contributed by atoms with van der Waals surface area (Å²) in [6, 6.07) is 5.26. The van der Waals surface area contributed by atoms with Crippen molar-refractivity contribution < 1.29 is 53.1 Å². The number of aryl methyl sites for hydroxylation is 1. The molecule has 1 saturated carbocycles. The Morgan fingerprint density at radius 1 is 0.974 bits per heavy atom. The van der Waals surface area contributed by atoms with Crippen molar-refractivity contribution in [2.45, 2.75) is 60.3 Å². The SMILES string of the molecule is CCOC(=O)[C@H]1CC[C@@]2(S(=O)(=O)c3ccc(F)cc3)c3ccc(C(F)(C(F)(F)F)C(F)(F)F)cc3CC[C@@H]12. The average Bonchev–Trinajstić information content (AvgIpc) is 3.24. The van der Waals surface area contributed by atoms with Crippen LogP contribution in [-0.4, -0.2) is 33.3 Å². The molecule has 208 valence electrons. The van der Waals surface area contributed by atoms with Crippen LogP contribution in [0.1, 0.15) is 42.9 Å². The highest BCUT2D eigenvalue weighted by molar-refractivity contribution is 7.92. The van der Waals surface area contributed by atoms with Crippen LogP contribution in [0.5, 0.6) is 0 Å². The minimum atomic E-state index is -6.34. The van der Waals surface area contributed by atoms with Gasteiger partial charge in [0.1, 0.15) is 10.6 Å². The van der Waals surface area contributed by atoms with Crippen molar-refractivity contribution in [2.75, 3.05) is 6.61 Å². The van der Waals surface area contributed by atoms with Gasteiger partial charge in [-0.2, -0.15) is 26.3 Å². The summed E-state index contributed by atoms with van der Waals surface area (Å²) in [5.41, 5.74) is -7.72.